The molecule has 0 aromatic carbocycles. The minimum atomic E-state index is -0.387. The third-order valence-electron chi connectivity index (χ3n) is 1.94. The Bertz CT molecular complexity index is 368. The molecule has 0 saturated heterocycles. The fourth-order valence-corrected chi connectivity index (χ4v) is 1.09. The number of rotatable bonds is 3. The number of ether oxygens (including phenoxy) is 1. The summed E-state index contributed by atoms with van der Waals surface area (Å²) in [6.07, 6.45) is 0. The first-order valence-electron chi connectivity index (χ1n) is 4.15. The Labute approximate surface area is 87.9 Å². The van der Waals surface area contributed by atoms with E-state index in [0.29, 0.717) is 10.7 Å². The molecule has 0 aliphatic carbocycles. The van der Waals surface area contributed by atoms with Crippen molar-refractivity contribution in [3.8, 4) is 0 Å². The number of aromatic nitrogens is 1. The molecule has 14 heavy (non-hydrogen) atoms. The molecule has 0 saturated carbocycles. The number of aryl methyl sites for hydroxylation is 1. The zero-order valence-corrected chi connectivity index (χ0v) is 8.97. The van der Waals surface area contributed by atoms with Gasteiger partial charge >= 0.3 is 5.97 Å². The second-order valence-electron chi connectivity index (χ2n) is 3.01. The van der Waals surface area contributed by atoms with Crippen molar-refractivity contribution in [2.45, 2.75) is 6.92 Å². The summed E-state index contributed by atoms with van der Waals surface area (Å²) in [5.74, 6) is -0.387. The second-order valence-corrected chi connectivity index (χ2v) is 3.55. The van der Waals surface area contributed by atoms with Crippen molar-refractivity contribution in [1.29, 1.82) is 0 Å². The Morgan fingerprint density at radius 3 is 2.71 bits per heavy atom. The van der Waals surface area contributed by atoms with Gasteiger partial charge in [0.2, 0.25) is 0 Å². The van der Waals surface area contributed by atoms with Gasteiger partial charge in [0, 0.05) is 17.8 Å². The van der Waals surface area contributed by atoms with Crippen molar-refractivity contribution in [3.05, 3.63) is 35.1 Å². The van der Waals surface area contributed by atoms with E-state index < -0.39 is 0 Å². The average Bonchev–Trinajstić information content (AvgIpc) is 2.44. The van der Waals surface area contributed by atoms with Crippen LogP contribution >= 0.6 is 11.6 Å². The lowest BCUT2D eigenvalue weighted by Crippen LogP contribution is -2.11. The number of carbonyl (C=O) groups is 1. The molecule has 1 rings (SSSR count). The first-order valence-corrected chi connectivity index (χ1v) is 4.53. The van der Waals surface area contributed by atoms with E-state index in [2.05, 4.69) is 6.58 Å². The molecule has 0 aliphatic rings. The Balaban J connectivity index is 2.70. The standard InChI is InChI=1S/C10H12ClNO2/c1-7(11)6-14-10(13)9-5-4-8(2)12(9)3/h4-5H,1,6H2,2-3H3. The molecule has 1 heterocycles. The molecule has 0 atom stereocenters. The molecule has 4 heteroatoms. The SMILES string of the molecule is C=C(Cl)COC(=O)c1ccc(C)n1C. The lowest BCUT2D eigenvalue weighted by molar-refractivity contribution is 0.0535. The Hall–Kier alpha value is -1.22. The van der Waals surface area contributed by atoms with Gasteiger partial charge in [0.15, 0.2) is 0 Å². The summed E-state index contributed by atoms with van der Waals surface area (Å²) in [6, 6.07) is 3.57. The van der Waals surface area contributed by atoms with Crippen LogP contribution in [0, 0.1) is 6.92 Å². The molecule has 0 amide bonds. The molecule has 3 nitrogen and oxygen atoms in total. The Morgan fingerprint density at radius 1 is 1.64 bits per heavy atom. The summed E-state index contributed by atoms with van der Waals surface area (Å²) in [5, 5.41) is 0.310. The average molecular weight is 214 g/mol. The largest absolute Gasteiger partial charge is 0.455 e. The van der Waals surface area contributed by atoms with Crippen molar-refractivity contribution in [3.63, 3.8) is 0 Å². The highest BCUT2D eigenvalue weighted by atomic mass is 35.5. The molecule has 0 spiro atoms. The number of carbonyl (C=O) groups excluding carboxylic acids is 1. The maximum absolute atomic E-state index is 11.4. The van der Waals surface area contributed by atoms with Crippen LogP contribution in [-0.2, 0) is 11.8 Å². The van der Waals surface area contributed by atoms with Gasteiger partial charge in [0.1, 0.15) is 12.3 Å². The molecule has 0 radical (unpaired) electrons. The maximum atomic E-state index is 11.4. The third-order valence-corrected chi connectivity index (χ3v) is 2.05. The molecule has 1 aromatic heterocycles. The summed E-state index contributed by atoms with van der Waals surface area (Å²) in [6.45, 7) is 5.39. The van der Waals surface area contributed by atoms with Gasteiger partial charge in [0.05, 0.1) is 0 Å². The van der Waals surface area contributed by atoms with Gasteiger partial charge in [-0.15, -0.1) is 0 Å². The molecule has 0 aliphatic heterocycles. The van der Waals surface area contributed by atoms with Crippen LogP contribution in [-0.4, -0.2) is 17.1 Å². The topological polar surface area (TPSA) is 31.2 Å². The molecule has 0 unspecified atom stereocenters. The van der Waals surface area contributed by atoms with Crippen LogP contribution in [0.2, 0.25) is 0 Å². The predicted molar refractivity (Wildman–Crippen MR) is 55.4 cm³/mol. The van der Waals surface area contributed by atoms with Crippen LogP contribution in [0.3, 0.4) is 0 Å². The van der Waals surface area contributed by atoms with E-state index >= 15 is 0 Å². The monoisotopic (exact) mass is 213 g/mol. The second kappa shape index (κ2) is 4.33. The van der Waals surface area contributed by atoms with Crippen LogP contribution in [0.25, 0.3) is 0 Å². The first-order chi connectivity index (χ1) is 6.52. The van der Waals surface area contributed by atoms with Gasteiger partial charge in [-0.3, -0.25) is 0 Å². The van der Waals surface area contributed by atoms with Crippen molar-refractivity contribution < 1.29 is 9.53 Å². The van der Waals surface area contributed by atoms with E-state index in [4.69, 9.17) is 16.3 Å². The van der Waals surface area contributed by atoms with Crippen molar-refractivity contribution in [2.75, 3.05) is 6.61 Å². The van der Waals surface area contributed by atoms with Crippen LogP contribution in [0.15, 0.2) is 23.7 Å². The van der Waals surface area contributed by atoms with Gasteiger partial charge in [-0.2, -0.15) is 0 Å². The number of hydrogen-bond donors (Lipinski definition) is 0. The minimum absolute atomic E-state index is 0.0462. The summed E-state index contributed by atoms with van der Waals surface area (Å²) >= 11 is 5.48. The van der Waals surface area contributed by atoms with Crippen molar-refractivity contribution >= 4 is 17.6 Å². The van der Waals surface area contributed by atoms with Gasteiger partial charge in [-0.25, -0.2) is 4.79 Å². The zero-order valence-electron chi connectivity index (χ0n) is 8.21. The first kappa shape index (κ1) is 10.9. The summed E-state index contributed by atoms with van der Waals surface area (Å²) in [5.41, 5.74) is 1.52. The van der Waals surface area contributed by atoms with E-state index in [1.165, 1.54) is 0 Å². The van der Waals surface area contributed by atoms with Gasteiger partial charge in [-0.1, -0.05) is 18.2 Å². The molecular weight excluding hydrogens is 202 g/mol. The highest BCUT2D eigenvalue weighted by Crippen LogP contribution is 2.08. The van der Waals surface area contributed by atoms with Gasteiger partial charge < -0.3 is 9.30 Å². The fourth-order valence-electron chi connectivity index (χ4n) is 1.04. The van der Waals surface area contributed by atoms with Crippen LogP contribution in [0.4, 0.5) is 0 Å². The highest BCUT2D eigenvalue weighted by molar-refractivity contribution is 6.29. The van der Waals surface area contributed by atoms with E-state index in [1.54, 1.807) is 17.7 Å². The minimum Gasteiger partial charge on any atom is -0.455 e. The number of nitrogens with zero attached hydrogens (tertiary/aromatic N) is 1. The van der Waals surface area contributed by atoms with E-state index in [1.807, 2.05) is 13.0 Å². The molecule has 0 N–H and O–H groups in total. The zero-order chi connectivity index (χ0) is 10.7. The molecule has 0 bridgehead atoms. The normalized spacial score (nSPS) is 9.93. The van der Waals surface area contributed by atoms with Crippen LogP contribution in [0.5, 0.6) is 0 Å². The van der Waals surface area contributed by atoms with E-state index in [-0.39, 0.29) is 12.6 Å². The van der Waals surface area contributed by atoms with Gasteiger partial charge in [0.25, 0.3) is 0 Å². The molecule has 76 valence electrons. The van der Waals surface area contributed by atoms with Crippen molar-refractivity contribution in [1.82, 2.24) is 4.57 Å². The van der Waals surface area contributed by atoms with Gasteiger partial charge in [-0.05, 0) is 19.1 Å². The highest BCUT2D eigenvalue weighted by Gasteiger charge is 2.11. The van der Waals surface area contributed by atoms with Crippen LogP contribution in [0.1, 0.15) is 16.2 Å². The molecular formula is C10H12ClNO2. The molecule has 1 aromatic rings. The predicted octanol–water partition coefficient (Wildman–Crippen LogP) is 2.24. The smallest absolute Gasteiger partial charge is 0.355 e. The summed E-state index contributed by atoms with van der Waals surface area (Å²) in [4.78, 5) is 11.4. The number of hydrogen-bond acceptors (Lipinski definition) is 2. The summed E-state index contributed by atoms with van der Waals surface area (Å²) < 4.78 is 6.66. The lowest BCUT2D eigenvalue weighted by atomic mass is 10.4. The van der Waals surface area contributed by atoms with E-state index in [0.717, 1.165) is 5.69 Å². The fraction of sp³-hybridized carbons (Fsp3) is 0.300. The quantitative estimate of drug-likeness (QED) is 0.722. The Morgan fingerprint density at radius 2 is 2.29 bits per heavy atom. The third kappa shape index (κ3) is 2.39. The maximum Gasteiger partial charge on any atom is 0.355 e. The summed E-state index contributed by atoms with van der Waals surface area (Å²) in [7, 11) is 1.81. The lowest BCUT2D eigenvalue weighted by Gasteiger charge is -2.05. The van der Waals surface area contributed by atoms with Crippen LogP contribution < -0.4 is 0 Å². The Kier molecular flexibility index (Phi) is 3.36. The molecule has 0 fully saturated rings. The number of halogens is 1. The number of esters is 1. The van der Waals surface area contributed by atoms with E-state index in [9.17, 15) is 4.79 Å². The van der Waals surface area contributed by atoms with Crippen molar-refractivity contribution in [2.24, 2.45) is 7.05 Å².